The fraction of sp³-hybridized carbons (Fsp3) is 0.350. The van der Waals surface area contributed by atoms with Gasteiger partial charge in [0.15, 0.2) is 5.78 Å². The van der Waals surface area contributed by atoms with Crippen LogP contribution in [0.3, 0.4) is 0 Å². The number of ketones is 1. The van der Waals surface area contributed by atoms with Gasteiger partial charge in [0, 0.05) is 5.57 Å². The summed E-state index contributed by atoms with van der Waals surface area (Å²) in [6.07, 6.45) is 3.69. The molecule has 0 heterocycles. The molecule has 0 radical (unpaired) electrons. The predicted molar refractivity (Wildman–Crippen MR) is 90.0 cm³/mol. The number of aryl methyl sites for hydroxylation is 1. The molecule has 2 nitrogen and oxygen atoms in total. The molecule has 3 rings (SSSR count). The van der Waals surface area contributed by atoms with Crippen LogP contribution in [0, 0.1) is 13.8 Å². The van der Waals surface area contributed by atoms with E-state index in [0.29, 0.717) is 5.75 Å². The summed E-state index contributed by atoms with van der Waals surface area (Å²) >= 11 is 0. The van der Waals surface area contributed by atoms with E-state index in [-0.39, 0.29) is 5.78 Å². The van der Waals surface area contributed by atoms with Crippen molar-refractivity contribution in [2.24, 2.45) is 0 Å². The highest BCUT2D eigenvalue weighted by Gasteiger charge is 2.29. The highest BCUT2D eigenvalue weighted by atomic mass is 16.3. The number of allylic oxidation sites excluding steroid dienone is 6. The molecule has 1 N–H and O–H groups in total. The van der Waals surface area contributed by atoms with Crippen molar-refractivity contribution in [1.29, 1.82) is 0 Å². The van der Waals surface area contributed by atoms with Gasteiger partial charge in [0.2, 0.25) is 0 Å². The number of benzene rings is 1. The molecule has 0 unspecified atom stereocenters. The molecule has 1 aromatic rings. The summed E-state index contributed by atoms with van der Waals surface area (Å²) in [6, 6.07) is 2.09. The number of phenolic OH excluding ortho intramolecular Hbond substituents is 1. The molecule has 2 heteroatoms. The Bertz CT molecular complexity index is 801. The summed E-state index contributed by atoms with van der Waals surface area (Å²) in [5.74, 6) is 0.524. The molecule has 0 atom stereocenters. The summed E-state index contributed by atoms with van der Waals surface area (Å²) in [5, 5.41) is 10.3. The van der Waals surface area contributed by atoms with Crippen LogP contribution in [0.2, 0.25) is 0 Å². The number of hydrogen-bond acceptors (Lipinski definition) is 2. The molecule has 22 heavy (non-hydrogen) atoms. The molecule has 0 spiro atoms. The standard InChI is InChI=1S/C20H22O2/c1-6-14-17-7-10(2)19(21)12(4)15(17)9-16-13(5)20(22)11(3)8-18(14)16/h7-8,21H,6,9H2,1-5H3. The van der Waals surface area contributed by atoms with Crippen LogP contribution in [0.25, 0.3) is 5.57 Å². The normalized spacial score (nSPS) is 17.5. The average molecular weight is 294 g/mol. The lowest BCUT2D eigenvalue weighted by atomic mass is 9.74. The first-order chi connectivity index (χ1) is 10.4. The third-order valence-electron chi connectivity index (χ3n) is 5.06. The number of carbonyl (C=O) groups is 1. The van der Waals surface area contributed by atoms with Gasteiger partial charge < -0.3 is 5.11 Å². The van der Waals surface area contributed by atoms with Gasteiger partial charge in [-0.15, -0.1) is 0 Å². The summed E-state index contributed by atoms with van der Waals surface area (Å²) in [4.78, 5) is 12.3. The highest BCUT2D eigenvalue weighted by Crippen LogP contribution is 2.44. The Morgan fingerprint density at radius 3 is 2.50 bits per heavy atom. The summed E-state index contributed by atoms with van der Waals surface area (Å²) in [7, 11) is 0. The quantitative estimate of drug-likeness (QED) is 0.823. The maximum absolute atomic E-state index is 12.3. The highest BCUT2D eigenvalue weighted by molar-refractivity contribution is 6.11. The van der Waals surface area contributed by atoms with E-state index in [2.05, 4.69) is 13.0 Å². The van der Waals surface area contributed by atoms with Gasteiger partial charge in [0.05, 0.1) is 0 Å². The second-order valence-corrected chi connectivity index (χ2v) is 6.38. The topological polar surface area (TPSA) is 37.3 Å². The van der Waals surface area contributed by atoms with Crippen molar-refractivity contribution in [2.45, 2.75) is 47.5 Å². The summed E-state index contributed by atoms with van der Waals surface area (Å²) in [5.41, 5.74) is 9.57. The van der Waals surface area contributed by atoms with Gasteiger partial charge >= 0.3 is 0 Å². The number of hydrogen-bond donors (Lipinski definition) is 1. The molecule has 2 aliphatic carbocycles. The Balaban J connectivity index is 2.39. The van der Waals surface area contributed by atoms with E-state index in [1.165, 1.54) is 22.3 Å². The van der Waals surface area contributed by atoms with Crippen molar-refractivity contribution >= 4 is 11.4 Å². The maximum atomic E-state index is 12.3. The van der Waals surface area contributed by atoms with E-state index >= 15 is 0 Å². The molecule has 0 bridgehead atoms. The molecular formula is C20H22O2. The molecular weight excluding hydrogens is 272 g/mol. The van der Waals surface area contributed by atoms with Gasteiger partial charge in [0.25, 0.3) is 0 Å². The lowest BCUT2D eigenvalue weighted by Crippen LogP contribution is -2.18. The fourth-order valence-electron chi connectivity index (χ4n) is 3.71. The van der Waals surface area contributed by atoms with Crippen LogP contribution < -0.4 is 0 Å². The van der Waals surface area contributed by atoms with Crippen molar-refractivity contribution in [3.63, 3.8) is 0 Å². The van der Waals surface area contributed by atoms with E-state index in [0.717, 1.165) is 40.7 Å². The van der Waals surface area contributed by atoms with Crippen LogP contribution in [0.1, 0.15) is 49.4 Å². The SMILES string of the molecule is CCC1=C2C=C(C)C(=O)C(C)=C2Cc2c1cc(C)c(O)c2C. The minimum atomic E-state index is 0.145. The monoisotopic (exact) mass is 294 g/mol. The van der Waals surface area contributed by atoms with E-state index < -0.39 is 0 Å². The molecule has 0 aliphatic heterocycles. The zero-order chi connectivity index (χ0) is 16.2. The minimum Gasteiger partial charge on any atom is -0.507 e. The first-order valence-corrected chi connectivity index (χ1v) is 7.85. The number of carbonyl (C=O) groups excluding carboxylic acids is 1. The maximum Gasteiger partial charge on any atom is 0.184 e. The molecule has 0 saturated heterocycles. The van der Waals surface area contributed by atoms with Gasteiger partial charge in [-0.2, -0.15) is 0 Å². The molecule has 2 aliphatic rings. The molecule has 1 aromatic carbocycles. The largest absolute Gasteiger partial charge is 0.507 e. The van der Waals surface area contributed by atoms with Gasteiger partial charge in [0.1, 0.15) is 5.75 Å². The first-order valence-electron chi connectivity index (χ1n) is 7.85. The van der Waals surface area contributed by atoms with Crippen molar-refractivity contribution in [1.82, 2.24) is 0 Å². The predicted octanol–water partition coefficient (Wildman–Crippen LogP) is 4.57. The Labute approximate surface area is 131 Å². The van der Waals surface area contributed by atoms with E-state index in [9.17, 15) is 9.90 Å². The second kappa shape index (κ2) is 4.98. The van der Waals surface area contributed by atoms with Crippen molar-refractivity contribution in [3.8, 4) is 5.75 Å². The number of phenols is 1. The van der Waals surface area contributed by atoms with Crippen LogP contribution in [0.4, 0.5) is 0 Å². The van der Waals surface area contributed by atoms with Crippen LogP contribution in [0.15, 0.2) is 34.4 Å². The molecule has 114 valence electrons. The minimum absolute atomic E-state index is 0.145. The third kappa shape index (κ3) is 1.90. The molecule has 0 amide bonds. The van der Waals surface area contributed by atoms with Crippen molar-refractivity contribution in [2.75, 3.05) is 0 Å². The Morgan fingerprint density at radius 2 is 1.86 bits per heavy atom. The summed E-state index contributed by atoms with van der Waals surface area (Å²) in [6.45, 7) is 9.90. The van der Waals surface area contributed by atoms with E-state index in [1.54, 1.807) is 0 Å². The summed E-state index contributed by atoms with van der Waals surface area (Å²) < 4.78 is 0. The van der Waals surface area contributed by atoms with Gasteiger partial charge in [-0.25, -0.2) is 0 Å². The van der Waals surface area contributed by atoms with Gasteiger partial charge in [-0.05, 0) is 97.2 Å². The Kier molecular flexibility index (Phi) is 3.36. The third-order valence-corrected chi connectivity index (χ3v) is 5.06. The lowest BCUT2D eigenvalue weighted by molar-refractivity contribution is -0.112. The van der Waals surface area contributed by atoms with Gasteiger partial charge in [-0.3, -0.25) is 4.79 Å². The van der Waals surface area contributed by atoms with Crippen molar-refractivity contribution < 1.29 is 9.90 Å². The fourth-order valence-corrected chi connectivity index (χ4v) is 3.71. The number of fused-ring (bicyclic) bond motifs is 2. The lowest BCUT2D eigenvalue weighted by Gasteiger charge is -2.30. The number of aromatic hydroxyl groups is 1. The Hall–Kier alpha value is -2.09. The Morgan fingerprint density at radius 1 is 1.18 bits per heavy atom. The van der Waals surface area contributed by atoms with Crippen LogP contribution >= 0.6 is 0 Å². The molecule has 0 fully saturated rings. The average Bonchev–Trinajstić information content (AvgIpc) is 2.49. The number of rotatable bonds is 1. The van der Waals surface area contributed by atoms with Crippen LogP contribution in [0.5, 0.6) is 5.75 Å². The van der Waals surface area contributed by atoms with Gasteiger partial charge in [-0.1, -0.05) is 6.92 Å². The molecule has 0 saturated carbocycles. The zero-order valence-electron chi connectivity index (χ0n) is 13.9. The molecule has 0 aromatic heterocycles. The van der Waals surface area contributed by atoms with Crippen LogP contribution in [-0.4, -0.2) is 10.9 Å². The van der Waals surface area contributed by atoms with Crippen molar-refractivity contribution in [3.05, 3.63) is 56.7 Å². The van der Waals surface area contributed by atoms with Crippen LogP contribution in [-0.2, 0) is 11.2 Å². The first kappa shape index (κ1) is 14.8. The van der Waals surface area contributed by atoms with E-state index in [1.807, 2.05) is 33.8 Å². The smallest absolute Gasteiger partial charge is 0.184 e. The zero-order valence-corrected chi connectivity index (χ0v) is 13.9. The van der Waals surface area contributed by atoms with E-state index in [4.69, 9.17) is 0 Å². The second-order valence-electron chi connectivity index (χ2n) is 6.38. The number of Topliss-reactive ketones (excluding diaryl/α,β-unsaturated/α-hetero) is 1.